The van der Waals surface area contributed by atoms with Crippen LogP contribution in [0, 0.1) is 12.8 Å². The fourth-order valence-corrected chi connectivity index (χ4v) is 2.70. The first-order valence-electron chi connectivity index (χ1n) is 7.15. The number of hydrogen-bond acceptors (Lipinski definition) is 2. The Kier molecular flexibility index (Phi) is 4.77. The summed E-state index contributed by atoms with van der Waals surface area (Å²) in [5.74, 6) is -0.853. The summed E-state index contributed by atoms with van der Waals surface area (Å²) in [6.07, 6.45) is 3.93. The van der Waals surface area contributed by atoms with E-state index < -0.39 is 12.0 Å². The lowest BCUT2D eigenvalue weighted by Crippen LogP contribution is -2.34. The third kappa shape index (κ3) is 3.83. The molecule has 4 nitrogen and oxygen atoms in total. The molecule has 1 aliphatic rings. The third-order valence-electron chi connectivity index (χ3n) is 3.90. The molecule has 0 bridgehead atoms. The highest BCUT2D eigenvalue weighted by atomic mass is 16.4. The summed E-state index contributed by atoms with van der Waals surface area (Å²) in [6, 6.07) is 7.20. The van der Waals surface area contributed by atoms with Crippen molar-refractivity contribution in [1.29, 1.82) is 0 Å². The molecule has 0 radical (unpaired) electrons. The van der Waals surface area contributed by atoms with E-state index in [1.807, 2.05) is 31.2 Å². The molecule has 2 rings (SSSR count). The van der Waals surface area contributed by atoms with E-state index in [2.05, 4.69) is 5.32 Å². The van der Waals surface area contributed by atoms with Crippen molar-refractivity contribution in [3.63, 3.8) is 0 Å². The molecule has 0 aliphatic heterocycles. The molecule has 0 aromatic heterocycles. The van der Waals surface area contributed by atoms with Crippen molar-refractivity contribution in [3.8, 4) is 0 Å². The summed E-state index contributed by atoms with van der Waals surface area (Å²) in [5.41, 5.74) is 1.97. The number of amides is 1. The lowest BCUT2D eigenvalue weighted by Gasteiger charge is -2.20. The van der Waals surface area contributed by atoms with Gasteiger partial charge in [0.05, 0.1) is 12.5 Å². The van der Waals surface area contributed by atoms with Gasteiger partial charge in [0.1, 0.15) is 0 Å². The first-order chi connectivity index (χ1) is 9.56. The molecule has 0 saturated heterocycles. The molecule has 1 amide bonds. The van der Waals surface area contributed by atoms with Gasteiger partial charge >= 0.3 is 5.97 Å². The topological polar surface area (TPSA) is 66.4 Å². The first-order valence-corrected chi connectivity index (χ1v) is 7.15. The molecule has 1 fully saturated rings. The standard InChI is InChI=1S/C16H21NO3/c1-11-6-8-12(9-7-11)14(10-15(18)19)17-16(20)13-4-2-3-5-13/h6-9,13-14H,2-5,10H2,1H3,(H,17,20)(H,18,19). The third-order valence-corrected chi connectivity index (χ3v) is 3.90. The molecule has 0 heterocycles. The second kappa shape index (κ2) is 6.55. The van der Waals surface area contributed by atoms with Gasteiger partial charge in [-0.1, -0.05) is 42.7 Å². The molecule has 2 N–H and O–H groups in total. The molecule has 0 spiro atoms. The number of carbonyl (C=O) groups excluding carboxylic acids is 1. The Morgan fingerprint density at radius 3 is 2.40 bits per heavy atom. The predicted molar refractivity (Wildman–Crippen MR) is 76.3 cm³/mol. The van der Waals surface area contributed by atoms with Crippen LogP contribution in [0.15, 0.2) is 24.3 Å². The van der Waals surface area contributed by atoms with Gasteiger partial charge in [-0.3, -0.25) is 9.59 Å². The number of nitrogens with one attached hydrogen (secondary N) is 1. The van der Waals surface area contributed by atoms with Gasteiger partial charge in [-0.2, -0.15) is 0 Å². The van der Waals surface area contributed by atoms with Gasteiger partial charge in [0.2, 0.25) is 5.91 Å². The molecular weight excluding hydrogens is 254 g/mol. The fourth-order valence-electron chi connectivity index (χ4n) is 2.70. The summed E-state index contributed by atoms with van der Waals surface area (Å²) < 4.78 is 0. The SMILES string of the molecule is Cc1ccc(C(CC(=O)O)NC(=O)C2CCCC2)cc1. The minimum absolute atomic E-state index is 0.00525. The number of hydrogen-bond donors (Lipinski definition) is 2. The number of carboxylic acid groups (broad SMARTS) is 1. The van der Waals surface area contributed by atoms with Crippen molar-refractivity contribution >= 4 is 11.9 Å². The van der Waals surface area contributed by atoms with E-state index in [-0.39, 0.29) is 18.2 Å². The van der Waals surface area contributed by atoms with Crippen molar-refractivity contribution in [1.82, 2.24) is 5.32 Å². The maximum absolute atomic E-state index is 12.2. The minimum Gasteiger partial charge on any atom is -0.481 e. The summed E-state index contributed by atoms with van der Waals surface area (Å²) >= 11 is 0. The maximum atomic E-state index is 12.2. The summed E-state index contributed by atoms with van der Waals surface area (Å²) in [5, 5.41) is 11.9. The van der Waals surface area contributed by atoms with Crippen molar-refractivity contribution in [3.05, 3.63) is 35.4 Å². The number of carbonyl (C=O) groups is 2. The second-order valence-electron chi connectivity index (χ2n) is 5.55. The lowest BCUT2D eigenvalue weighted by atomic mass is 10.0. The van der Waals surface area contributed by atoms with Gasteiger partial charge in [-0.15, -0.1) is 0 Å². The van der Waals surface area contributed by atoms with Crippen LogP contribution in [-0.2, 0) is 9.59 Å². The zero-order chi connectivity index (χ0) is 14.5. The Balaban J connectivity index is 2.08. The van der Waals surface area contributed by atoms with Gasteiger partial charge in [-0.05, 0) is 25.3 Å². The van der Waals surface area contributed by atoms with Crippen LogP contribution in [0.5, 0.6) is 0 Å². The zero-order valence-corrected chi connectivity index (χ0v) is 11.8. The Morgan fingerprint density at radius 2 is 1.85 bits per heavy atom. The minimum atomic E-state index is -0.901. The molecule has 1 aromatic rings. The molecule has 108 valence electrons. The fraction of sp³-hybridized carbons (Fsp3) is 0.500. The van der Waals surface area contributed by atoms with E-state index in [9.17, 15) is 9.59 Å². The van der Waals surface area contributed by atoms with Gasteiger partial charge in [0.25, 0.3) is 0 Å². The van der Waals surface area contributed by atoms with Crippen molar-refractivity contribution in [2.45, 2.75) is 45.1 Å². The molecule has 1 atom stereocenters. The highest BCUT2D eigenvalue weighted by molar-refractivity contribution is 5.80. The molecule has 1 aromatic carbocycles. The molecule has 4 heteroatoms. The van der Waals surface area contributed by atoms with E-state index >= 15 is 0 Å². The van der Waals surface area contributed by atoms with Crippen LogP contribution in [-0.4, -0.2) is 17.0 Å². The van der Waals surface area contributed by atoms with Crippen LogP contribution in [0.2, 0.25) is 0 Å². The predicted octanol–water partition coefficient (Wildman–Crippen LogP) is 2.82. The number of carboxylic acids is 1. The lowest BCUT2D eigenvalue weighted by molar-refractivity contribution is -0.137. The van der Waals surface area contributed by atoms with Gasteiger partial charge in [0.15, 0.2) is 0 Å². The Hall–Kier alpha value is -1.84. The summed E-state index contributed by atoms with van der Waals surface area (Å²) in [6.45, 7) is 1.98. The van der Waals surface area contributed by atoms with E-state index in [0.717, 1.165) is 36.8 Å². The second-order valence-corrected chi connectivity index (χ2v) is 5.55. The Bertz CT molecular complexity index is 475. The van der Waals surface area contributed by atoms with Crippen LogP contribution >= 0.6 is 0 Å². The van der Waals surface area contributed by atoms with Crippen LogP contribution < -0.4 is 5.32 Å². The largest absolute Gasteiger partial charge is 0.481 e. The smallest absolute Gasteiger partial charge is 0.305 e. The van der Waals surface area contributed by atoms with E-state index in [4.69, 9.17) is 5.11 Å². The van der Waals surface area contributed by atoms with Crippen LogP contribution in [0.25, 0.3) is 0 Å². The molecule has 1 aliphatic carbocycles. The van der Waals surface area contributed by atoms with Gasteiger partial charge < -0.3 is 10.4 Å². The van der Waals surface area contributed by atoms with Crippen LogP contribution in [0.4, 0.5) is 0 Å². The molecule has 1 saturated carbocycles. The number of aliphatic carboxylic acids is 1. The van der Waals surface area contributed by atoms with Crippen LogP contribution in [0.1, 0.15) is 49.3 Å². The monoisotopic (exact) mass is 275 g/mol. The molecule has 20 heavy (non-hydrogen) atoms. The van der Waals surface area contributed by atoms with Crippen molar-refractivity contribution in [2.24, 2.45) is 5.92 Å². The number of benzene rings is 1. The van der Waals surface area contributed by atoms with Gasteiger partial charge in [-0.25, -0.2) is 0 Å². The average Bonchev–Trinajstić information content (AvgIpc) is 2.92. The van der Waals surface area contributed by atoms with Crippen LogP contribution in [0.3, 0.4) is 0 Å². The Morgan fingerprint density at radius 1 is 1.25 bits per heavy atom. The zero-order valence-electron chi connectivity index (χ0n) is 11.8. The number of rotatable bonds is 5. The Labute approximate surface area is 119 Å². The van der Waals surface area contributed by atoms with E-state index in [0.29, 0.717) is 0 Å². The van der Waals surface area contributed by atoms with Crippen molar-refractivity contribution in [2.75, 3.05) is 0 Å². The molecule has 1 unspecified atom stereocenters. The first kappa shape index (κ1) is 14.6. The van der Waals surface area contributed by atoms with Gasteiger partial charge in [0, 0.05) is 5.92 Å². The van der Waals surface area contributed by atoms with E-state index in [1.54, 1.807) is 0 Å². The highest BCUT2D eigenvalue weighted by Crippen LogP contribution is 2.26. The highest BCUT2D eigenvalue weighted by Gasteiger charge is 2.26. The maximum Gasteiger partial charge on any atom is 0.305 e. The quantitative estimate of drug-likeness (QED) is 0.868. The number of aryl methyl sites for hydroxylation is 1. The van der Waals surface area contributed by atoms with Crippen molar-refractivity contribution < 1.29 is 14.7 Å². The average molecular weight is 275 g/mol. The molecular formula is C16H21NO3. The normalized spacial score (nSPS) is 16.9. The van der Waals surface area contributed by atoms with E-state index in [1.165, 1.54) is 0 Å². The summed E-state index contributed by atoms with van der Waals surface area (Å²) in [7, 11) is 0. The summed E-state index contributed by atoms with van der Waals surface area (Å²) in [4.78, 5) is 23.2.